The van der Waals surface area contributed by atoms with Crippen LogP contribution in [0.3, 0.4) is 0 Å². The Morgan fingerprint density at radius 2 is 2.23 bits per heavy atom. The van der Waals surface area contributed by atoms with E-state index in [2.05, 4.69) is 5.32 Å². The Morgan fingerprint density at radius 1 is 1.50 bits per heavy atom. The first-order valence-corrected chi connectivity index (χ1v) is 6.77. The first-order chi connectivity index (χ1) is 10.4. The molecule has 0 saturated carbocycles. The van der Waals surface area contributed by atoms with Crippen LogP contribution >= 0.6 is 0 Å². The van der Waals surface area contributed by atoms with Gasteiger partial charge >= 0.3 is 12.0 Å². The van der Waals surface area contributed by atoms with Gasteiger partial charge in [0.1, 0.15) is 5.75 Å². The van der Waals surface area contributed by atoms with Crippen LogP contribution in [0.5, 0.6) is 5.75 Å². The molecule has 2 amide bonds. The second kappa shape index (κ2) is 5.93. The van der Waals surface area contributed by atoms with Crippen molar-refractivity contribution in [1.29, 1.82) is 5.26 Å². The van der Waals surface area contributed by atoms with Gasteiger partial charge in [0.15, 0.2) is 0 Å². The van der Waals surface area contributed by atoms with Crippen LogP contribution in [0.25, 0.3) is 0 Å². The number of methoxy groups -OCH3 is 1. The molecule has 1 saturated heterocycles. The summed E-state index contributed by atoms with van der Waals surface area (Å²) in [4.78, 5) is 24.9. The van der Waals surface area contributed by atoms with Crippen LogP contribution in [0.4, 0.5) is 10.5 Å². The van der Waals surface area contributed by atoms with E-state index in [-0.39, 0.29) is 6.54 Å². The molecule has 1 aromatic carbocycles. The highest BCUT2D eigenvalue weighted by Crippen LogP contribution is 2.31. The summed E-state index contributed by atoms with van der Waals surface area (Å²) in [6.45, 7) is 2.14. The van der Waals surface area contributed by atoms with Gasteiger partial charge in [0.2, 0.25) is 0 Å². The van der Waals surface area contributed by atoms with Crippen LogP contribution in [-0.4, -0.2) is 42.2 Å². The first-order valence-electron chi connectivity index (χ1n) is 6.77. The summed E-state index contributed by atoms with van der Waals surface area (Å²) < 4.78 is 5.15. The van der Waals surface area contributed by atoms with Gasteiger partial charge < -0.3 is 20.1 Å². The Balaban J connectivity index is 2.13. The van der Waals surface area contributed by atoms with Gasteiger partial charge in [-0.3, -0.25) is 4.79 Å². The molecule has 1 aliphatic heterocycles. The first kappa shape index (κ1) is 15.6. The van der Waals surface area contributed by atoms with Gasteiger partial charge in [0.25, 0.3) is 0 Å². The van der Waals surface area contributed by atoms with Crippen molar-refractivity contribution in [1.82, 2.24) is 4.90 Å². The number of anilines is 1. The van der Waals surface area contributed by atoms with Crippen molar-refractivity contribution in [2.45, 2.75) is 13.3 Å². The largest absolute Gasteiger partial charge is 0.495 e. The number of carboxylic acid groups (broad SMARTS) is 1. The number of likely N-dealkylation sites (tertiary alicyclic amines) is 1. The minimum atomic E-state index is -0.921. The summed E-state index contributed by atoms with van der Waals surface area (Å²) in [5, 5.41) is 20.8. The van der Waals surface area contributed by atoms with E-state index in [4.69, 9.17) is 10.00 Å². The van der Waals surface area contributed by atoms with Crippen LogP contribution in [-0.2, 0) is 4.79 Å². The molecular formula is C15H17N3O4. The number of carboxylic acids is 1. The number of hydrogen-bond acceptors (Lipinski definition) is 4. The highest BCUT2D eigenvalue weighted by atomic mass is 16.5. The zero-order valence-electron chi connectivity index (χ0n) is 12.4. The number of hydrogen-bond donors (Lipinski definition) is 2. The zero-order valence-corrected chi connectivity index (χ0v) is 12.4. The van der Waals surface area contributed by atoms with E-state index in [1.807, 2.05) is 6.07 Å². The average molecular weight is 303 g/mol. The number of urea groups is 1. The predicted octanol–water partition coefficient (Wildman–Crippen LogP) is 1.90. The number of rotatable bonds is 3. The molecule has 7 heteroatoms. The Bertz CT molecular complexity index is 653. The summed E-state index contributed by atoms with van der Waals surface area (Å²) in [7, 11) is 1.47. The summed E-state index contributed by atoms with van der Waals surface area (Å²) in [6.07, 6.45) is 0.408. The molecule has 22 heavy (non-hydrogen) atoms. The molecule has 0 radical (unpaired) electrons. The monoisotopic (exact) mass is 303 g/mol. The molecule has 0 spiro atoms. The van der Waals surface area contributed by atoms with Crippen LogP contribution < -0.4 is 10.1 Å². The summed E-state index contributed by atoms with van der Waals surface area (Å²) in [5.74, 6) is -0.473. The Morgan fingerprint density at radius 3 is 2.77 bits per heavy atom. The highest BCUT2D eigenvalue weighted by molar-refractivity contribution is 5.92. The van der Waals surface area contributed by atoms with Crippen LogP contribution in [0.15, 0.2) is 18.2 Å². The number of amides is 2. The molecule has 7 nitrogen and oxygen atoms in total. The molecular weight excluding hydrogens is 286 g/mol. The van der Waals surface area contributed by atoms with E-state index < -0.39 is 17.4 Å². The van der Waals surface area contributed by atoms with Crippen molar-refractivity contribution in [2.75, 3.05) is 25.5 Å². The average Bonchev–Trinajstić information content (AvgIpc) is 2.91. The van der Waals surface area contributed by atoms with Crippen molar-refractivity contribution >= 4 is 17.7 Å². The van der Waals surface area contributed by atoms with Crippen LogP contribution in [0.2, 0.25) is 0 Å². The Kier molecular flexibility index (Phi) is 4.22. The van der Waals surface area contributed by atoms with E-state index in [1.54, 1.807) is 19.1 Å². The number of carbonyl (C=O) groups is 2. The number of carbonyl (C=O) groups excluding carboxylic acids is 1. The third kappa shape index (κ3) is 2.96. The molecule has 1 atom stereocenters. The lowest BCUT2D eigenvalue weighted by Crippen LogP contribution is -2.37. The molecule has 0 bridgehead atoms. The van der Waals surface area contributed by atoms with E-state index in [9.17, 15) is 14.7 Å². The van der Waals surface area contributed by atoms with Crippen molar-refractivity contribution in [2.24, 2.45) is 5.41 Å². The number of aliphatic carboxylic acids is 1. The van der Waals surface area contributed by atoms with E-state index >= 15 is 0 Å². The normalized spacial score (nSPS) is 20.3. The number of nitrogens with one attached hydrogen (secondary N) is 1. The number of nitrogens with zero attached hydrogens (tertiary/aromatic N) is 2. The Labute approximate surface area is 128 Å². The highest BCUT2D eigenvalue weighted by Gasteiger charge is 2.42. The van der Waals surface area contributed by atoms with Gasteiger partial charge in [-0.2, -0.15) is 5.26 Å². The molecule has 0 aromatic heterocycles. The van der Waals surface area contributed by atoms with Crippen molar-refractivity contribution in [3.05, 3.63) is 23.8 Å². The van der Waals surface area contributed by atoms with Crippen molar-refractivity contribution < 1.29 is 19.4 Å². The topological polar surface area (TPSA) is 103 Å². The number of nitriles is 1. The maximum absolute atomic E-state index is 12.3. The van der Waals surface area contributed by atoms with Gasteiger partial charge in [-0.1, -0.05) is 0 Å². The second-order valence-electron chi connectivity index (χ2n) is 5.49. The summed E-state index contributed by atoms with van der Waals surface area (Å²) >= 11 is 0. The quantitative estimate of drug-likeness (QED) is 0.887. The van der Waals surface area contributed by atoms with Gasteiger partial charge in [-0.15, -0.1) is 0 Å². The fourth-order valence-electron chi connectivity index (χ4n) is 2.38. The molecule has 2 N–H and O–H groups in total. The van der Waals surface area contributed by atoms with E-state index in [0.29, 0.717) is 30.0 Å². The van der Waals surface area contributed by atoms with E-state index in [1.165, 1.54) is 18.1 Å². The number of ether oxygens (including phenoxy) is 1. The minimum Gasteiger partial charge on any atom is -0.495 e. The predicted molar refractivity (Wildman–Crippen MR) is 78.7 cm³/mol. The lowest BCUT2D eigenvalue weighted by molar-refractivity contribution is -0.146. The van der Waals surface area contributed by atoms with Crippen LogP contribution in [0, 0.1) is 16.7 Å². The van der Waals surface area contributed by atoms with Crippen LogP contribution in [0.1, 0.15) is 18.9 Å². The molecule has 1 aromatic rings. The standard InChI is InChI=1S/C15H17N3O4/c1-15(13(19)20)5-6-18(9-15)14(21)17-11-7-10(8-16)3-4-12(11)22-2/h3-4,7H,5-6,9H2,1-2H3,(H,17,21)(H,19,20). The Hall–Kier alpha value is -2.75. The maximum atomic E-state index is 12.3. The molecule has 116 valence electrons. The molecule has 1 heterocycles. The third-order valence-electron chi connectivity index (χ3n) is 3.85. The lowest BCUT2D eigenvalue weighted by Gasteiger charge is -2.21. The van der Waals surface area contributed by atoms with Gasteiger partial charge in [0.05, 0.1) is 29.8 Å². The molecule has 2 rings (SSSR count). The minimum absolute atomic E-state index is 0.147. The van der Waals surface area contributed by atoms with Crippen molar-refractivity contribution in [3.8, 4) is 11.8 Å². The van der Waals surface area contributed by atoms with Gasteiger partial charge in [-0.05, 0) is 31.5 Å². The van der Waals surface area contributed by atoms with E-state index in [0.717, 1.165) is 0 Å². The SMILES string of the molecule is COc1ccc(C#N)cc1NC(=O)N1CCC(C)(C(=O)O)C1. The maximum Gasteiger partial charge on any atom is 0.321 e. The molecule has 0 aliphatic carbocycles. The molecule has 1 unspecified atom stereocenters. The van der Waals surface area contributed by atoms with Gasteiger partial charge in [0, 0.05) is 13.1 Å². The molecule has 1 fully saturated rings. The smallest absolute Gasteiger partial charge is 0.321 e. The second-order valence-corrected chi connectivity index (χ2v) is 5.49. The summed E-state index contributed by atoms with van der Waals surface area (Å²) in [6, 6.07) is 6.29. The zero-order chi connectivity index (χ0) is 16.3. The lowest BCUT2D eigenvalue weighted by atomic mass is 9.90. The fourth-order valence-corrected chi connectivity index (χ4v) is 2.38. The molecule has 1 aliphatic rings. The fraction of sp³-hybridized carbons (Fsp3) is 0.400. The van der Waals surface area contributed by atoms with Crippen molar-refractivity contribution in [3.63, 3.8) is 0 Å². The van der Waals surface area contributed by atoms with Gasteiger partial charge in [-0.25, -0.2) is 4.79 Å². The summed E-state index contributed by atoms with van der Waals surface area (Å²) in [5.41, 5.74) is -0.140. The number of benzene rings is 1. The third-order valence-corrected chi connectivity index (χ3v) is 3.85.